The second-order valence-electron chi connectivity index (χ2n) is 9.10. The molecule has 0 aliphatic heterocycles. The Kier molecular flexibility index (Phi) is 2.93. The van der Waals surface area contributed by atoms with E-state index in [-0.39, 0.29) is 0 Å². The third-order valence-corrected chi connectivity index (χ3v) is 8.16. The molecule has 0 saturated heterocycles. The minimum Gasteiger partial charge on any atom is -0.0848 e. The zero-order valence-electron chi connectivity index (χ0n) is 13.8. The molecule has 0 heteroatoms. The quantitative estimate of drug-likeness (QED) is 0.476. The van der Waals surface area contributed by atoms with Gasteiger partial charge in [0.2, 0.25) is 0 Å². The van der Waals surface area contributed by atoms with Gasteiger partial charge in [0.15, 0.2) is 0 Å². The SMILES string of the molecule is C[C@H]1CC2=CCCC[C@]2(C)[C@H]2CC[C@]3(C)CCC[C@H]3[C@H]12. The van der Waals surface area contributed by atoms with Crippen LogP contribution in [0.1, 0.15) is 78.6 Å². The fourth-order valence-electron chi connectivity index (χ4n) is 7.08. The van der Waals surface area contributed by atoms with Gasteiger partial charge in [0.25, 0.3) is 0 Å². The standard InChI is InChI=1S/C20H32/c1-14-13-15-7-4-5-11-20(15,3)17-9-12-19(2)10-6-8-16(19)18(14)17/h7,14,16-18H,4-6,8-13H2,1-3H3/t14-,16-,17-,18-,19-,20-/m0/s1. The molecule has 6 atom stereocenters. The largest absolute Gasteiger partial charge is 0.0848 e. The lowest BCUT2D eigenvalue weighted by Gasteiger charge is -2.59. The molecule has 0 aromatic heterocycles. The van der Waals surface area contributed by atoms with Crippen molar-refractivity contribution in [3.8, 4) is 0 Å². The summed E-state index contributed by atoms with van der Waals surface area (Å²) in [5.41, 5.74) is 3.15. The maximum absolute atomic E-state index is 2.64. The highest BCUT2D eigenvalue weighted by Crippen LogP contribution is 2.66. The van der Waals surface area contributed by atoms with Gasteiger partial charge >= 0.3 is 0 Å². The van der Waals surface area contributed by atoms with Crippen molar-refractivity contribution in [3.05, 3.63) is 11.6 Å². The molecule has 0 aromatic carbocycles. The molecule has 0 unspecified atom stereocenters. The maximum atomic E-state index is 2.64. The molecular formula is C20H32. The molecule has 20 heavy (non-hydrogen) atoms. The van der Waals surface area contributed by atoms with Gasteiger partial charge in [0.1, 0.15) is 0 Å². The van der Waals surface area contributed by atoms with Crippen LogP contribution in [0.4, 0.5) is 0 Å². The van der Waals surface area contributed by atoms with Crippen LogP contribution in [0, 0.1) is 34.5 Å². The van der Waals surface area contributed by atoms with E-state index < -0.39 is 0 Å². The summed E-state index contributed by atoms with van der Waals surface area (Å²) < 4.78 is 0. The Balaban J connectivity index is 1.73. The molecule has 0 radical (unpaired) electrons. The Morgan fingerprint density at radius 3 is 2.70 bits per heavy atom. The van der Waals surface area contributed by atoms with E-state index in [1.54, 1.807) is 0 Å². The van der Waals surface area contributed by atoms with Crippen molar-refractivity contribution in [2.45, 2.75) is 78.6 Å². The Labute approximate surface area is 125 Å². The van der Waals surface area contributed by atoms with Crippen molar-refractivity contribution in [1.29, 1.82) is 0 Å². The Morgan fingerprint density at radius 2 is 1.85 bits per heavy atom. The van der Waals surface area contributed by atoms with Gasteiger partial charge in [-0.3, -0.25) is 0 Å². The third kappa shape index (κ3) is 1.66. The number of hydrogen-bond donors (Lipinski definition) is 0. The zero-order chi connectivity index (χ0) is 14.0. The highest BCUT2D eigenvalue weighted by molar-refractivity contribution is 5.24. The number of rotatable bonds is 0. The fraction of sp³-hybridized carbons (Fsp3) is 0.900. The highest BCUT2D eigenvalue weighted by atomic mass is 14.6. The van der Waals surface area contributed by atoms with Crippen LogP contribution < -0.4 is 0 Å². The number of hydrogen-bond acceptors (Lipinski definition) is 0. The predicted molar refractivity (Wildman–Crippen MR) is 85.5 cm³/mol. The molecule has 0 N–H and O–H groups in total. The van der Waals surface area contributed by atoms with Crippen LogP contribution in [0.3, 0.4) is 0 Å². The third-order valence-electron chi connectivity index (χ3n) is 8.16. The predicted octanol–water partition coefficient (Wildman–Crippen LogP) is 5.98. The van der Waals surface area contributed by atoms with Crippen molar-refractivity contribution in [2.75, 3.05) is 0 Å². The van der Waals surface area contributed by atoms with Gasteiger partial charge in [-0.25, -0.2) is 0 Å². The molecule has 4 aliphatic carbocycles. The van der Waals surface area contributed by atoms with Crippen LogP contribution in [0.15, 0.2) is 11.6 Å². The van der Waals surface area contributed by atoms with Gasteiger partial charge in [-0.2, -0.15) is 0 Å². The topological polar surface area (TPSA) is 0 Å². The van der Waals surface area contributed by atoms with E-state index in [0.29, 0.717) is 10.8 Å². The van der Waals surface area contributed by atoms with Crippen LogP contribution in [0.2, 0.25) is 0 Å². The Morgan fingerprint density at radius 1 is 1.00 bits per heavy atom. The van der Waals surface area contributed by atoms with E-state index >= 15 is 0 Å². The molecular weight excluding hydrogens is 240 g/mol. The molecule has 0 spiro atoms. The van der Waals surface area contributed by atoms with Crippen molar-refractivity contribution in [3.63, 3.8) is 0 Å². The average Bonchev–Trinajstić information content (AvgIpc) is 2.81. The summed E-state index contributed by atoms with van der Waals surface area (Å²) in [7, 11) is 0. The van der Waals surface area contributed by atoms with Crippen LogP contribution in [0.25, 0.3) is 0 Å². The van der Waals surface area contributed by atoms with E-state index in [2.05, 4.69) is 26.8 Å². The first-order valence-electron chi connectivity index (χ1n) is 9.24. The molecule has 0 nitrogen and oxygen atoms in total. The summed E-state index contributed by atoms with van der Waals surface area (Å²) in [6.45, 7) is 7.85. The van der Waals surface area contributed by atoms with Gasteiger partial charge in [-0.1, -0.05) is 38.8 Å². The molecule has 0 bridgehead atoms. The van der Waals surface area contributed by atoms with Crippen LogP contribution in [-0.4, -0.2) is 0 Å². The zero-order valence-corrected chi connectivity index (χ0v) is 13.8. The van der Waals surface area contributed by atoms with Gasteiger partial charge in [-0.15, -0.1) is 0 Å². The molecule has 0 amide bonds. The minimum atomic E-state index is 0.583. The van der Waals surface area contributed by atoms with Gasteiger partial charge in [0.05, 0.1) is 0 Å². The minimum absolute atomic E-state index is 0.583. The molecule has 3 fully saturated rings. The summed E-state index contributed by atoms with van der Waals surface area (Å²) in [4.78, 5) is 0. The highest BCUT2D eigenvalue weighted by Gasteiger charge is 2.57. The summed E-state index contributed by atoms with van der Waals surface area (Å²) in [5.74, 6) is 4.04. The Hall–Kier alpha value is -0.260. The first-order valence-corrected chi connectivity index (χ1v) is 9.24. The lowest BCUT2D eigenvalue weighted by atomic mass is 9.45. The van der Waals surface area contributed by atoms with E-state index in [4.69, 9.17) is 0 Å². The summed E-state index contributed by atoms with van der Waals surface area (Å²) >= 11 is 0. The summed E-state index contributed by atoms with van der Waals surface area (Å²) in [6.07, 6.45) is 16.0. The molecule has 112 valence electrons. The van der Waals surface area contributed by atoms with Crippen molar-refractivity contribution in [2.24, 2.45) is 34.5 Å². The van der Waals surface area contributed by atoms with Crippen LogP contribution in [-0.2, 0) is 0 Å². The first kappa shape index (κ1) is 13.4. The lowest BCUT2D eigenvalue weighted by Crippen LogP contribution is -2.51. The monoisotopic (exact) mass is 272 g/mol. The van der Waals surface area contributed by atoms with Crippen molar-refractivity contribution in [1.82, 2.24) is 0 Å². The van der Waals surface area contributed by atoms with E-state index in [9.17, 15) is 0 Å². The molecule has 0 heterocycles. The van der Waals surface area contributed by atoms with E-state index in [1.165, 1.54) is 57.8 Å². The second kappa shape index (κ2) is 4.37. The molecule has 4 rings (SSSR count). The second-order valence-corrected chi connectivity index (χ2v) is 9.10. The van der Waals surface area contributed by atoms with Crippen molar-refractivity contribution < 1.29 is 0 Å². The lowest BCUT2D eigenvalue weighted by molar-refractivity contribution is -0.0619. The van der Waals surface area contributed by atoms with E-state index in [1.807, 2.05) is 5.57 Å². The molecule has 3 saturated carbocycles. The maximum Gasteiger partial charge on any atom is -0.00851 e. The van der Waals surface area contributed by atoms with E-state index in [0.717, 1.165) is 23.7 Å². The smallest absolute Gasteiger partial charge is 0.00851 e. The van der Waals surface area contributed by atoms with Gasteiger partial charge in [-0.05, 0) is 85.9 Å². The van der Waals surface area contributed by atoms with Gasteiger partial charge in [0, 0.05) is 0 Å². The number of fused-ring (bicyclic) bond motifs is 5. The van der Waals surface area contributed by atoms with Crippen molar-refractivity contribution >= 4 is 0 Å². The fourth-order valence-corrected chi connectivity index (χ4v) is 7.08. The summed E-state index contributed by atoms with van der Waals surface area (Å²) in [6, 6.07) is 0. The first-order chi connectivity index (χ1) is 9.55. The average molecular weight is 272 g/mol. The van der Waals surface area contributed by atoms with Crippen LogP contribution in [0.5, 0.6) is 0 Å². The normalized spacial score (nSPS) is 54.6. The van der Waals surface area contributed by atoms with Gasteiger partial charge < -0.3 is 0 Å². The molecule has 4 aliphatic rings. The molecule has 0 aromatic rings. The summed E-state index contributed by atoms with van der Waals surface area (Å²) in [5, 5.41) is 0. The number of allylic oxidation sites excluding steroid dienone is 2. The van der Waals surface area contributed by atoms with Crippen LogP contribution >= 0.6 is 0 Å². The Bertz CT molecular complexity index is 433.